The quantitative estimate of drug-likeness (QED) is 0.837. The molecular formula is C12H17N6Y-. The first kappa shape index (κ1) is 16.0. The maximum absolute atomic E-state index is 4.38. The number of hydrogen-bond acceptors (Lipinski definition) is 5. The first-order valence-corrected chi connectivity index (χ1v) is 5.74. The summed E-state index contributed by atoms with van der Waals surface area (Å²) in [4.78, 5) is 8.53. The first-order valence-electron chi connectivity index (χ1n) is 5.74. The molecule has 0 aliphatic rings. The van der Waals surface area contributed by atoms with Gasteiger partial charge in [0, 0.05) is 45.6 Å². The molecule has 2 N–H and O–H groups in total. The molecule has 2 aromatic heterocycles. The molecule has 0 spiro atoms. The van der Waals surface area contributed by atoms with E-state index in [-0.39, 0.29) is 32.7 Å². The van der Waals surface area contributed by atoms with Gasteiger partial charge in [0.05, 0.1) is 17.1 Å². The minimum Gasteiger partial charge on any atom is -0.424 e. The van der Waals surface area contributed by atoms with Crippen LogP contribution in [0.5, 0.6) is 0 Å². The number of aromatic nitrogens is 4. The Kier molecular flexibility index (Phi) is 5.43. The molecule has 2 heterocycles. The summed E-state index contributed by atoms with van der Waals surface area (Å²) in [5, 5.41) is 10.5. The molecule has 0 amide bonds. The number of aryl methyl sites for hydroxylation is 3. The van der Waals surface area contributed by atoms with E-state index in [1.54, 1.807) is 0 Å². The van der Waals surface area contributed by atoms with Crippen molar-refractivity contribution in [2.75, 3.05) is 17.7 Å². The number of nitrogens with one attached hydrogen (secondary N) is 2. The van der Waals surface area contributed by atoms with E-state index in [4.69, 9.17) is 0 Å². The second-order valence-electron chi connectivity index (χ2n) is 4.18. The Morgan fingerprint density at radius 1 is 1.21 bits per heavy atom. The molecule has 6 nitrogen and oxygen atoms in total. The smallest absolute Gasteiger partial charge is 0.112 e. The number of hydrogen-bond donors (Lipinski definition) is 2. The maximum atomic E-state index is 4.38. The fourth-order valence-corrected chi connectivity index (χ4v) is 1.77. The summed E-state index contributed by atoms with van der Waals surface area (Å²) in [7, 11) is 3.74. The summed E-state index contributed by atoms with van der Waals surface area (Å²) >= 11 is 0. The van der Waals surface area contributed by atoms with Crippen LogP contribution in [0.3, 0.4) is 0 Å². The van der Waals surface area contributed by atoms with Gasteiger partial charge < -0.3 is 20.6 Å². The molecule has 2 aromatic rings. The normalized spacial score (nSPS) is 9.95. The zero-order chi connectivity index (χ0) is 13.3. The zero-order valence-electron chi connectivity index (χ0n) is 11.9. The van der Waals surface area contributed by atoms with E-state index in [1.165, 1.54) is 0 Å². The summed E-state index contributed by atoms with van der Waals surface area (Å²) in [6.45, 7) is 5.86. The topological polar surface area (TPSA) is 67.7 Å². The van der Waals surface area contributed by atoms with Crippen molar-refractivity contribution in [1.29, 1.82) is 0 Å². The molecule has 0 atom stereocenters. The van der Waals surface area contributed by atoms with Crippen molar-refractivity contribution < 1.29 is 32.7 Å². The van der Waals surface area contributed by atoms with Gasteiger partial charge in [-0.2, -0.15) is 5.10 Å². The molecule has 0 saturated carbocycles. The van der Waals surface area contributed by atoms with Gasteiger partial charge in [0.25, 0.3) is 0 Å². The van der Waals surface area contributed by atoms with Gasteiger partial charge in [-0.3, -0.25) is 4.68 Å². The van der Waals surface area contributed by atoms with Gasteiger partial charge in [0.15, 0.2) is 0 Å². The van der Waals surface area contributed by atoms with Crippen LogP contribution in [0, 0.1) is 27.0 Å². The molecule has 0 aliphatic heterocycles. The summed E-state index contributed by atoms with van der Waals surface area (Å²) in [5.74, 6) is 1.29. The first-order chi connectivity index (χ1) is 8.52. The third kappa shape index (κ3) is 3.31. The van der Waals surface area contributed by atoms with Crippen molar-refractivity contribution in [3.05, 3.63) is 23.1 Å². The Labute approximate surface area is 138 Å². The zero-order valence-corrected chi connectivity index (χ0v) is 14.7. The van der Waals surface area contributed by atoms with E-state index < -0.39 is 0 Å². The Morgan fingerprint density at radius 3 is 2.42 bits per heavy atom. The average Bonchev–Trinajstić information content (AvgIpc) is 2.58. The minimum absolute atomic E-state index is 0. The van der Waals surface area contributed by atoms with Crippen LogP contribution in [0.4, 0.5) is 17.5 Å². The van der Waals surface area contributed by atoms with Crippen molar-refractivity contribution in [3.63, 3.8) is 0 Å². The van der Waals surface area contributed by atoms with Crippen LogP contribution in [-0.4, -0.2) is 26.8 Å². The van der Waals surface area contributed by atoms with Crippen LogP contribution in [0.25, 0.3) is 0 Å². The van der Waals surface area contributed by atoms with Gasteiger partial charge in [0.2, 0.25) is 0 Å². The Hall–Kier alpha value is -1.01. The molecule has 7 heteroatoms. The minimum atomic E-state index is 0. The van der Waals surface area contributed by atoms with E-state index in [2.05, 4.69) is 31.9 Å². The van der Waals surface area contributed by atoms with Gasteiger partial charge in [-0.25, -0.2) is 0 Å². The van der Waals surface area contributed by atoms with Crippen molar-refractivity contribution in [1.82, 2.24) is 19.7 Å². The van der Waals surface area contributed by atoms with E-state index in [0.717, 1.165) is 28.5 Å². The van der Waals surface area contributed by atoms with Gasteiger partial charge >= 0.3 is 0 Å². The monoisotopic (exact) mass is 334 g/mol. The van der Waals surface area contributed by atoms with Crippen LogP contribution in [-0.2, 0) is 39.8 Å². The SMILES string of the molecule is CNc1nc(Nc2c(C)nn(C)c2C)n[c-]c1C.[Y]. The van der Waals surface area contributed by atoms with E-state index in [0.29, 0.717) is 5.95 Å². The molecule has 0 aliphatic carbocycles. The molecule has 0 unspecified atom stereocenters. The molecule has 0 aromatic carbocycles. The number of anilines is 3. The fourth-order valence-electron chi connectivity index (χ4n) is 1.77. The van der Waals surface area contributed by atoms with Crippen LogP contribution < -0.4 is 10.6 Å². The van der Waals surface area contributed by atoms with Crippen molar-refractivity contribution in [2.45, 2.75) is 20.8 Å². The summed E-state index contributed by atoms with van der Waals surface area (Å²) in [5.41, 5.74) is 3.80. The van der Waals surface area contributed by atoms with Crippen molar-refractivity contribution >= 4 is 17.5 Å². The molecule has 99 valence electrons. The number of nitrogens with zero attached hydrogens (tertiary/aromatic N) is 4. The Balaban J connectivity index is 0.00000180. The largest absolute Gasteiger partial charge is 0.424 e. The average molecular weight is 334 g/mol. The molecule has 0 bridgehead atoms. The van der Waals surface area contributed by atoms with Gasteiger partial charge in [-0.15, -0.1) is 5.56 Å². The van der Waals surface area contributed by atoms with E-state index in [1.807, 2.05) is 39.5 Å². The van der Waals surface area contributed by atoms with Crippen molar-refractivity contribution in [2.24, 2.45) is 7.05 Å². The number of rotatable bonds is 3. The predicted octanol–water partition coefficient (Wildman–Crippen LogP) is 1.72. The van der Waals surface area contributed by atoms with Gasteiger partial charge in [0.1, 0.15) is 5.95 Å². The van der Waals surface area contributed by atoms with E-state index in [9.17, 15) is 0 Å². The second-order valence-corrected chi connectivity index (χ2v) is 4.18. The van der Waals surface area contributed by atoms with E-state index >= 15 is 0 Å². The second kappa shape index (κ2) is 6.43. The molecule has 0 saturated heterocycles. The maximum Gasteiger partial charge on any atom is 0.112 e. The molecule has 1 radical (unpaired) electrons. The van der Waals surface area contributed by atoms with Gasteiger partial charge in [-0.05, 0) is 20.9 Å². The summed E-state index contributed by atoms with van der Waals surface area (Å²) in [6.07, 6.45) is 2.92. The van der Waals surface area contributed by atoms with Crippen molar-refractivity contribution in [3.8, 4) is 0 Å². The Morgan fingerprint density at radius 2 is 1.89 bits per heavy atom. The molecule has 0 fully saturated rings. The van der Waals surface area contributed by atoms with Crippen LogP contribution >= 0.6 is 0 Å². The third-order valence-electron chi connectivity index (χ3n) is 2.89. The fraction of sp³-hybridized carbons (Fsp3) is 0.417. The van der Waals surface area contributed by atoms with Crippen LogP contribution in [0.15, 0.2) is 0 Å². The summed E-state index contributed by atoms with van der Waals surface area (Å²) < 4.78 is 1.83. The van der Waals surface area contributed by atoms with Gasteiger partial charge in [-0.1, -0.05) is 13.1 Å². The standard InChI is InChI=1S/C12H17N6.Y/c1-7-6-14-12(16-11(7)13-4)15-10-8(2)17-18(5)9(10)3;/h1-5H3,(H2,13,14,15,16);/q-1;. The molecular weight excluding hydrogens is 317 g/mol. The molecule has 19 heavy (non-hydrogen) atoms. The van der Waals surface area contributed by atoms with Crippen LogP contribution in [0.1, 0.15) is 17.0 Å². The predicted molar refractivity (Wildman–Crippen MR) is 71.1 cm³/mol. The summed E-state index contributed by atoms with van der Waals surface area (Å²) in [6, 6.07) is 0. The van der Waals surface area contributed by atoms with Crippen LogP contribution in [0.2, 0.25) is 0 Å². The molecule has 2 rings (SSSR count). The third-order valence-corrected chi connectivity index (χ3v) is 2.89. The Bertz CT molecular complexity index is 578.